The van der Waals surface area contributed by atoms with Crippen LogP contribution in [0.5, 0.6) is 0 Å². The van der Waals surface area contributed by atoms with Crippen LogP contribution in [0.4, 0.5) is 8.78 Å². The van der Waals surface area contributed by atoms with Gasteiger partial charge in [0.25, 0.3) is 0 Å². The second-order valence-electron chi connectivity index (χ2n) is 18.4. The maximum absolute atomic E-state index is 17.9. The molecule has 0 heterocycles. The van der Waals surface area contributed by atoms with Crippen molar-refractivity contribution in [3.63, 3.8) is 0 Å². The highest BCUT2D eigenvalue weighted by Gasteiger charge is 3.22. The molecule has 0 saturated heterocycles. The van der Waals surface area contributed by atoms with Gasteiger partial charge < -0.3 is 0 Å². The Kier molecular flexibility index (Phi) is 1.84. The summed E-state index contributed by atoms with van der Waals surface area (Å²) in [7, 11) is 0. The average molecular weight is 545 g/mol. The van der Waals surface area contributed by atoms with Gasteiger partial charge in [-0.15, -0.1) is 0 Å². The summed E-state index contributed by atoms with van der Waals surface area (Å²) in [5, 5.41) is 0. The van der Waals surface area contributed by atoms with Crippen LogP contribution in [0.3, 0.4) is 0 Å². The molecule has 1 aromatic carbocycles. The van der Waals surface area contributed by atoms with E-state index in [1.54, 1.807) is 39.0 Å². The van der Waals surface area contributed by atoms with Gasteiger partial charge in [-0.25, -0.2) is 8.78 Å². The first-order valence-corrected chi connectivity index (χ1v) is 17.6. The smallest absolute Gasteiger partial charge is 0.161 e. The minimum Gasteiger partial charge on any atom is -0.239 e. The standard InChI is InChI=1S/C40H26F2/c41-39-35-15-7-5-13-11-3-1-9-10-2-4-12-14-6-8-16-24-22(14)27-20(12)18(10)25-17(9)19(11)26-21(13)23(15)33-31-29(26)28(25)30(27)32(31)34(24)38(37(33,35)39)36(16)40(38,39)42/h1,3,5-17,19,21-24,35-36H,2,4H2. The van der Waals surface area contributed by atoms with Crippen LogP contribution in [0.2, 0.25) is 0 Å². The quantitative estimate of drug-likeness (QED) is 0.301. The van der Waals surface area contributed by atoms with Crippen molar-refractivity contribution in [2.24, 2.45) is 81.8 Å². The second-order valence-corrected chi connectivity index (χ2v) is 18.4. The van der Waals surface area contributed by atoms with E-state index in [-0.39, 0.29) is 23.7 Å². The monoisotopic (exact) mass is 544 g/mol. The van der Waals surface area contributed by atoms with Gasteiger partial charge in [0, 0.05) is 22.7 Å². The fraction of sp³-hybridized carbons (Fsp3) is 0.550. The molecule has 0 aliphatic heterocycles. The summed E-state index contributed by atoms with van der Waals surface area (Å²) in [5.74, 6) is 7.28. The van der Waals surface area contributed by atoms with E-state index < -0.39 is 22.2 Å². The molecule has 20 unspecified atom stereocenters. The molecule has 2 heteroatoms. The number of fused-ring (bicyclic) bond motifs is 8. The fourth-order valence-corrected chi connectivity index (χ4v) is 19.8. The third-order valence-corrected chi connectivity index (χ3v) is 19.3. The minimum atomic E-state index is -1.61. The predicted octanol–water partition coefficient (Wildman–Crippen LogP) is 7.29. The largest absolute Gasteiger partial charge is 0.239 e. The summed E-state index contributed by atoms with van der Waals surface area (Å²) >= 11 is 0. The zero-order valence-corrected chi connectivity index (χ0v) is 22.9. The molecular weight excluding hydrogens is 518 g/mol. The minimum absolute atomic E-state index is 0.0995. The fourth-order valence-electron chi connectivity index (χ4n) is 19.8. The molecule has 0 amide bonds. The Hall–Kier alpha value is -2.48. The first-order valence-electron chi connectivity index (χ1n) is 17.6. The van der Waals surface area contributed by atoms with Crippen molar-refractivity contribution in [3.8, 4) is 0 Å². The van der Waals surface area contributed by atoms with Gasteiger partial charge in [0.15, 0.2) is 11.3 Å². The molecule has 42 heavy (non-hydrogen) atoms. The van der Waals surface area contributed by atoms with Gasteiger partial charge in [0.2, 0.25) is 0 Å². The maximum Gasteiger partial charge on any atom is 0.161 e. The second kappa shape index (κ2) is 4.21. The lowest BCUT2D eigenvalue weighted by molar-refractivity contribution is -0.0583. The first-order chi connectivity index (χ1) is 20.7. The van der Waals surface area contributed by atoms with Gasteiger partial charge in [0.05, 0.1) is 0 Å². The van der Waals surface area contributed by atoms with E-state index in [9.17, 15) is 0 Å². The lowest BCUT2D eigenvalue weighted by Gasteiger charge is -2.56. The van der Waals surface area contributed by atoms with Crippen molar-refractivity contribution in [1.82, 2.24) is 0 Å². The number of allylic oxidation sites excluding steroid dienone is 12. The summed E-state index contributed by atoms with van der Waals surface area (Å²) < 4.78 is 35.8. The molecule has 200 valence electrons. The highest BCUT2D eigenvalue weighted by atomic mass is 19.2. The molecule has 2 spiro atoms. The summed E-state index contributed by atoms with van der Waals surface area (Å²) in [6.07, 6.45) is 18.2. The molecule has 18 rings (SSSR count). The molecule has 17 aliphatic carbocycles. The Balaban J connectivity index is 1.17. The number of benzene rings is 1. The number of rotatable bonds is 0. The summed E-state index contributed by atoms with van der Waals surface area (Å²) in [6, 6.07) is 0. The molecule has 0 bridgehead atoms. The third kappa shape index (κ3) is 0.984. The van der Waals surface area contributed by atoms with E-state index >= 15 is 8.78 Å². The Labute approximate surface area is 241 Å². The van der Waals surface area contributed by atoms with Crippen LogP contribution < -0.4 is 0 Å². The van der Waals surface area contributed by atoms with Crippen molar-refractivity contribution in [2.75, 3.05) is 0 Å². The molecule has 1 aromatic rings. The Bertz CT molecular complexity index is 2220. The highest BCUT2D eigenvalue weighted by Crippen LogP contribution is 3.15. The van der Waals surface area contributed by atoms with Crippen molar-refractivity contribution in [1.29, 1.82) is 0 Å². The van der Waals surface area contributed by atoms with E-state index in [0.717, 1.165) is 0 Å². The maximum atomic E-state index is 17.9. The lowest BCUT2D eigenvalue weighted by Crippen LogP contribution is -2.58. The summed E-state index contributed by atoms with van der Waals surface area (Å²) in [6.45, 7) is 0. The molecule has 6 saturated carbocycles. The molecule has 0 N–H and O–H groups in total. The normalized spacial score (nSPS) is 70.7. The van der Waals surface area contributed by atoms with E-state index in [1.165, 1.54) is 24.0 Å². The van der Waals surface area contributed by atoms with E-state index in [1.807, 2.05) is 16.7 Å². The molecule has 0 nitrogen and oxygen atoms in total. The predicted molar refractivity (Wildman–Crippen MR) is 149 cm³/mol. The lowest BCUT2D eigenvalue weighted by atomic mass is 9.48. The zero-order chi connectivity index (χ0) is 25.8. The molecule has 0 radical (unpaired) electrons. The van der Waals surface area contributed by atoms with Crippen LogP contribution in [-0.2, 0) is 0 Å². The van der Waals surface area contributed by atoms with Crippen LogP contribution in [-0.4, -0.2) is 11.3 Å². The molecular formula is C40H26F2. The number of hydrogen-bond donors (Lipinski definition) is 0. The molecule has 20 atom stereocenters. The topological polar surface area (TPSA) is 0 Å². The van der Waals surface area contributed by atoms with Crippen LogP contribution in [0.15, 0.2) is 58.7 Å². The van der Waals surface area contributed by atoms with Crippen molar-refractivity contribution in [2.45, 2.75) is 47.9 Å². The van der Waals surface area contributed by atoms with E-state index in [0.29, 0.717) is 71.0 Å². The van der Waals surface area contributed by atoms with Gasteiger partial charge in [0.1, 0.15) is 0 Å². The summed E-state index contributed by atoms with van der Waals surface area (Å²) in [5.41, 5.74) is 16.0. The Morgan fingerprint density at radius 1 is 0.476 bits per heavy atom. The van der Waals surface area contributed by atoms with Crippen LogP contribution >= 0.6 is 0 Å². The number of halogens is 2. The third-order valence-electron chi connectivity index (χ3n) is 19.3. The van der Waals surface area contributed by atoms with Crippen molar-refractivity contribution in [3.05, 3.63) is 92.1 Å². The van der Waals surface area contributed by atoms with Crippen LogP contribution in [0.1, 0.15) is 69.9 Å². The number of hydrogen-bond acceptors (Lipinski definition) is 0. The van der Waals surface area contributed by atoms with E-state index in [4.69, 9.17) is 0 Å². The van der Waals surface area contributed by atoms with Crippen molar-refractivity contribution >= 4 is 11.1 Å². The van der Waals surface area contributed by atoms with Crippen molar-refractivity contribution < 1.29 is 8.78 Å². The Morgan fingerprint density at radius 3 is 1.60 bits per heavy atom. The van der Waals surface area contributed by atoms with Gasteiger partial charge in [-0.2, -0.15) is 0 Å². The first kappa shape index (κ1) is 18.4. The SMILES string of the molecule is FC12C3C4C=CC5C6C=CC7C8CCC9c%10c8c8c%11c%12c%10C%10C9C=CC9C%10C%10=C%12C%12=C(C4C5C(=C%12%11)C6C87)C31C%101C9C21F. The molecule has 6 fully saturated rings. The summed E-state index contributed by atoms with van der Waals surface area (Å²) in [4.78, 5) is 0. The molecule has 0 aromatic heterocycles. The van der Waals surface area contributed by atoms with E-state index in [2.05, 4.69) is 36.5 Å². The van der Waals surface area contributed by atoms with Gasteiger partial charge in [-0.1, -0.05) is 42.0 Å². The van der Waals surface area contributed by atoms with Gasteiger partial charge in [-0.3, -0.25) is 0 Å². The average Bonchev–Trinajstić information content (AvgIpc) is 3.50. The Morgan fingerprint density at radius 2 is 0.952 bits per heavy atom. The highest BCUT2D eigenvalue weighted by molar-refractivity contribution is 6.18. The zero-order valence-electron chi connectivity index (χ0n) is 22.9. The molecule has 17 aliphatic rings. The van der Waals surface area contributed by atoms with Crippen LogP contribution in [0.25, 0.3) is 11.1 Å². The van der Waals surface area contributed by atoms with Gasteiger partial charge in [-0.05, 0) is 157 Å². The van der Waals surface area contributed by atoms with Crippen LogP contribution in [0, 0.1) is 81.8 Å². The van der Waals surface area contributed by atoms with Gasteiger partial charge >= 0.3 is 0 Å². The number of alkyl halides is 2.